The standard InChI is InChI=1S/C4H5F3N4/c1-8-11-3(2-9-10-11)4(5,6)7/h2,8H,1H3. The Morgan fingerprint density at radius 3 is 2.55 bits per heavy atom. The van der Waals surface area contributed by atoms with E-state index in [1.807, 2.05) is 0 Å². The molecule has 0 aliphatic heterocycles. The van der Waals surface area contributed by atoms with Crippen LogP contribution < -0.4 is 5.43 Å². The lowest BCUT2D eigenvalue weighted by Gasteiger charge is -2.06. The molecule has 0 fully saturated rings. The average molecular weight is 166 g/mol. The first-order valence-corrected chi connectivity index (χ1v) is 2.71. The fourth-order valence-electron chi connectivity index (χ4n) is 0.593. The van der Waals surface area contributed by atoms with Crippen molar-refractivity contribution in [2.24, 2.45) is 0 Å². The molecule has 7 heteroatoms. The maximum Gasteiger partial charge on any atom is 0.436 e. The second-order valence-electron chi connectivity index (χ2n) is 1.75. The van der Waals surface area contributed by atoms with Gasteiger partial charge in [0.25, 0.3) is 0 Å². The monoisotopic (exact) mass is 166 g/mol. The molecule has 1 heterocycles. The van der Waals surface area contributed by atoms with Gasteiger partial charge in [0.05, 0.1) is 6.20 Å². The van der Waals surface area contributed by atoms with E-state index in [0.717, 1.165) is 0 Å². The molecule has 1 aromatic rings. The topological polar surface area (TPSA) is 42.7 Å². The summed E-state index contributed by atoms with van der Waals surface area (Å²) in [5.74, 6) is 0. The fraction of sp³-hybridized carbons (Fsp3) is 0.500. The second kappa shape index (κ2) is 2.40. The lowest BCUT2D eigenvalue weighted by atomic mass is 10.5. The first-order chi connectivity index (χ1) is 5.05. The Labute approximate surface area is 60.0 Å². The van der Waals surface area contributed by atoms with Crippen LogP contribution in [0.5, 0.6) is 0 Å². The molecule has 0 saturated carbocycles. The third-order valence-electron chi connectivity index (χ3n) is 1.05. The number of nitrogens with one attached hydrogen (secondary N) is 1. The van der Waals surface area contributed by atoms with Gasteiger partial charge in [0.1, 0.15) is 0 Å². The molecule has 0 unspecified atom stereocenters. The Balaban J connectivity index is 3.02. The zero-order valence-corrected chi connectivity index (χ0v) is 5.55. The summed E-state index contributed by atoms with van der Waals surface area (Å²) in [4.78, 5) is 0.556. The van der Waals surface area contributed by atoms with Crippen molar-refractivity contribution < 1.29 is 13.2 Å². The number of rotatable bonds is 1. The quantitative estimate of drug-likeness (QED) is 0.659. The van der Waals surface area contributed by atoms with E-state index in [1.165, 1.54) is 7.05 Å². The molecular weight excluding hydrogens is 161 g/mol. The zero-order valence-electron chi connectivity index (χ0n) is 5.55. The summed E-state index contributed by atoms with van der Waals surface area (Å²) < 4.78 is 35.8. The lowest BCUT2D eigenvalue weighted by molar-refractivity contribution is -0.143. The number of alkyl halides is 3. The highest BCUT2D eigenvalue weighted by Crippen LogP contribution is 2.27. The maximum absolute atomic E-state index is 11.9. The molecule has 62 valence electrons. The van der Waals surface area contributed by atoms with Crippen LogP contribution in [0.15, 0.2) is 6.20 Å². The van der Waals surface area contributed by atoms with Crippen molar-refractivity contribution in [3.05, 3.63) is 11.9 Å². The minimum absolute atomic E-state index is 0.556. The third-order valence-corrected chi connectivity index (χ3v) is 1.05. The molecule has 0 aromatic carbocycles. The van der Waals surface area contributed by atoms with Crippen molar-refractivity contribution >= 4 is 0 Å². The molecule has 0 aliphatic rings. The summed E-state index contributed by atoms with van der Waals surface area (Å²) in [6, 6.07) is 0. The molecule has 0 atom stereocenters. The van der Waals surface area contributed by atoms with E-state index in [0.29, 0.717) is 11.0 Å². The normalized spacial score (nSPS) is 11.6. The maximum atomic E-state index is 11.9. The van der Waals surface area contributed by atoms with Crippen molar-refractivity contribution in [3.63, 3.8) is 0 Å². The van der Waals surface area contributed by atoms with E-state index >= 15 is 0 Å². The van der Waals surface area contributed by atoms with E-state index in [-0.39, 0.29) is 0 Å². The number of aromatic nitrogens is 3. The van der Waals surface area contributed by atoms with Gasteiger partial charge in [0.2, 0.25) is 0 Å². The first kappa shape index (κ1) is 7.83. The zero-order chi connectivity index (χ0) is 8.48. The minimum atomic E-state index is -4.41. The average Bonchev–Trinajstić information content (AvgIpc) is 2.31. The molecule has 11 heavy (non-hydrogen) atoms. The second-order valence-corrected chi connectivity index (χ2v) is 1.75. The van der Waals surface area contributed by atoms with Crippen LogP contribution in [0.1, 0.15) is 5.69 Å². The molecule has 0 aliphatic carbocycles. The van der Waals surface area contributed by atoms with Gasteiger partial charge < -0.3 is 5.43 Å². The molecule has 0 amide bonds. The number of hydrogen-bond donors (Lipinski definition) is 1. The Morgan fingerprint density at radius 2 is 2.18 bits per heavy atom. The highest BCUT2D eigenvalue weighted by molar-refractivity contribution is 5.00. The summed E-state index contributed by atoms with van der Waals surface area (Å²) in [5.41, 5.74) is 1.29. The van der Waals surface area contributed by atoms with Crippen LogP contribution >= 0.6 is 0 Å². The first-order valence-electron chi connectivity index (χ1n) is 2.71. The summed E-state index contributed by atoms with van der Waals surface area (Å²) >= 11 is 0. The molecule has 1 N–H and O–H groups in total. The number of nitrogens with zero attached hydrogens (tertiary/aromatic N) is 3. The number of halogens is 3. The van der Waals surface area contributed by atoms with E-state index < -0.39 is 11.9 Å². The van der Waals surface area contributed by atoms with Gasteiger partial charge in [-0.05, 0) is 5.21 Å². The highest BCUT2D eigenvalue weighted by Gasteiger charge is 2.35. The molecule has 0 radical (unpaired) electrons. The van der Waals surface area contributed by atoms with Crippen LogP contribution in [0.2, 0.25) is 0 Å². The summed E-state index contributed by atoms with van der Waals surface area (Å²) in [5, 5.41) is 6.23. The van der Waals surface area contributed by atoms with Crippen LogP contribution in [0.25, 0.3) is 0 Å². The smallest absolute Gasteiger partial charge is 0.311 e. The predicted octanol–water partition coefficient (Wildman–Crippen LogP) is 0.470. The van der Waals surface area contributed by atoms with Crippen LogP contribution in [0.4, 0.5) is 13.2 Å². The van der Waals surface area contributed by atoms with E-state index in [1.54, 1.807) is 0 Å². The Kier molecular flexibility index (Phi) is 1.71. The molecule has 0 spiro atoms. The van der Waals surface area contributed by atoms with Crippen LogP contribution in [-0.2, 0) is 6.18 Å². The summed E-state index contributed by atoms with van der Waals surface area (Å²) in [7, 11) is 1.32. The number of hydrogen-bond acceptors (Lipinski definition) is 3. The summed E-state index contributed by atoms with van der Waals surface area (Å²) in [6.07, 6.45) is -3.76. The van der Waals surface area contributed by atoms with Gasteiger partial charge in [-0.3, -0.25) is 0 Å². The van der Waals surface area contributed by atoms with Gasteiger partial charge in [0.15, 0.2) is 5.69 Å². The molecule has 0 saturated heterocycles. The van der Waals surface area contributed by atoms with Crippen molar-refractivity contribution in [2.75, 3.05) is 12.5 Å². The van der Waals surface area contributed by atoms with E-state index in [9.17, 15) is 13.2 Å². The predicted molar refractivity (Wildman–Crippen MR) is 30.3 cm³/mol. The Morgan fingerprint density at radius 1 is 1.55 bits per heavy atom. The van der Waals surface area contributed by atoms with Gasteiger partial charge in [-0.15, -0.1) is 5.10 Å². The largest absolute Gasteiger partial charge is 0.436 e. The van der Waals surface area contributed by atoms with Crippen LogP contribution in [-0.4, -0.2) is 22.2 Å². The lowest BCUT2D eigenvalue weighted by Crippen LogP contribution is -2.20. The van der Waals surface area contributed by atoms with E-state index in [2.05, 4.69) is 15.7 Å². The van der Waals surface area contributed by atoms with E-state index in [4.69, 9.17) is 0 Å². The van der Waals surface area contributed by atoms with Gasteiger partial charge in [-0.1, -0.05) is 0 Å². The van der Waals surface area contributed by atoms with Gasteiger partial charge in [-0.2, -0.15) is 18.0 Å². The Bertz CT molecular complexity index is 240. The minimum Gasteiger partial charge on any atom is -0.311 e. The molecule has 1 aromatic heterocycles. The Hall–Kier alpha value is -1.27. The van der Waals surface area contributed by atoms with Crippen molar-refractivity contribution in [1.29, 1.82) is 0 Å². The van der Waals surface area contributed by atoms with Gasteiger partial charge in [0, 0.05) is 7.05 Å². The van der Waals surface area contributed by atoms with Crippen molar-refractivity contribution in [2.45, 2.75) is 6.18 Å². The van der Waals surface area contributed by atoms with Crippen molar-refractivity contribution in [3.8, 4) is 0 Å². The van der Waals surface area contributed by atoms with Crippen molar-refractivity contribution in [1.82, 2.24) is 15.1 Å². The third kappa shape index (κ3) is 1.41. The summed E-state index contributed by atoms with van der Waals surface area (Å²) in [6.45, 7) is 0. The van der Waals surface area contributed by atoms with Gasteiger partial charge in [-0.25, -0.2) is 0 Å². The fourth-order valence-corrected chi connectivity index (χ4v) is 0.593. The van der Waals surface area contributed by atoms with Crippen LogP contribution in [0, 0.1) is 0 Å². The highest BCUT2D eigenvalue weighted by atomic mass is 19.4. The molecular formula is C4H5F3N4. The molecule has 0 bridgehead atoms. The van der Waals surface area contributed by atoms with Crippen LogP contribution in [0.3, 0.4) is 0 Å². The molecule has 4 nitrogen and oxygen atoms in total. The van der Waals surface area contributed by atoms with Gasteiger partial charge >= 0.3 is 6.18 Å². The molecule has 1 rings (SSSR count). The SMILES string of the molecule is CNn1nncc1C(F)(F)F.